The zero-order valence-corrected chi connectivity index (χ0v) is 7.97. The van der Waals surface area contributed by atoms with Crippen LogP contribution in [0.2, 0.25) is 0 Å². The number of aryl methyl sites for hydroxylation is 1. The van der Waals surface area contributed by atoms with Crippen LogP contribution in [0, 0.1) is 6.92 Å². The average Bonchev–Trinajstić information content (AvgIpc) is 2.03. The minimum Gasteiger partial charge on any atom is -0.414 e. The Balaban J connectivity index is 2.95. The quantitative estimate of drug-likeness (QED) is 0.678. The Morgan fingerprint density at radius 1 is 1.62 bits per heavy atom. The fourth-order valence-electron chi connectivity index (χ4n) is 1.03. The number of halogens is 1. The van der Waals surface area contributed by atoms with E-state index in [2.05, 4.69) is 11.3 Å². The summed E-state index contributed by atoms with van der Waals surface area (Å²) in [5, 5.41) is 0. The van der Waals surface area contributed by atoms with Crippen molar-refractivity contribution >= 4 is 23.1 Å². The molecule has 1 rings (SSSR count). The second kappa shape index (κ2) is 4.10. The lowest BCUT2D eigenvalue weighted by atomic mass is 10.1. The van der Waals surface area contributed by atoms with E-state index >= 15 is 0 Å². The first-order chi connectivity index (χ1) is 6.13. The number of benzene rings is 1. The van der Waals surface area contributed by atoms with Crippen molar-refractivity contribution in [3.8, 4) is 5.75 Å². The Kier molecular flexibility index (Phi) is 3.09. The zero-order valence-electron chi connectivity index (χ0n) is 7.21. The molecule has 0 atom stereocenters. The summed E-state index contributed by atoms with van der Waals surface area (Å²) in [6.45, 7) is 5.55. The van der Waals surface area contributed by atoms with Crippen LogP contribution >= 0.6 is 11.6 Å². The van der Waals surface area contributed by atoms with Crippen LogP contribution in [0.1, 0.15) is 11.1 Å². The molecule has 0 aliphatic heterocycles. The summed E-state index contributed by atoms with van der Waals surface area (Å²) in [7, 11) is 0. The smallest absolute Gasteiger partial charge is 0.409 e. The second-order valence-corrected chi connectivity index (χ2v) is 2.87. The van der Waals surface area contributed by atoms with Gasteiger partial charge in [0.2, 0.25) is 0 Å². The average molecular weight is 197 g/mol. The molecule has 2 nitrogen and oxygen atoms in total. The van der Waals surface area contributed by atoms with Crippen molar-refractivity contribution in [3.63, 3.8) is 0 Å². The third kappa shape index (κ3) is 2.60. The van der Waals surface area contributed by atoms with Gasteiger partial charge in [0.1, 0.15) is 5.75 Å². The molecule has 0 aromatic heterocycles. The predicted octanol–water partition coefficient (Wildman–Crippen LogP) is 3.38. The monoisotopic (exact) mass is 196 g/mol. The van der Waals surface area contributed by atoms with Gasteiger partial charge in [0.25, 0.3) is 0 Å². The molecule has 0 aliphatic carbocycles. The van der Waals surface area contributed by atoms with Crippen LogP contribution in [-0.2, 0) is 0 Å². The number of hydrogen-bond donors (Lipinski definition) is 0. The molecule has 0 unspecified atom stereocenters. The summed E-state index contributed by atoms with van der Waals surface area (Å²) < 4.78 is 4.69. The van der Waals surface area contributed by atoms with Gasteiger partial charge in [-0.2, -0.15) is 0 Å². The van der Waals surface area contributed by atoms with Gasteiger partial charge in [-0.25, -0.2) is 4.79 Å². The minimum absolute atomic E-state index is 0.447. The maximum Gasteiger partial charge on any atom is 0.409 e. The van der Waals surface area contributed by atoms with Gasteiger partial charge < -0.3 is 4.74 Å². The molecule has 0 N–H and O–H groups in total. The summed E-state index contributed by atoms with van der Waals surface area (Å²) in [5.41, 5.74) is 1.17. The van der Waals surface area contributed by atoms with Crippen molar-refractivity contribution in [2.75, 3.05) is 0 Å². The van der Waals surface area contributed by atoms with Gasteiger partial charge >= 0.3 is 5.43 Å². The van der Waals surface area contributed by atoms with Gasteiger partial charge in [0.15, 0.2) is 0 Å². The standard InChI is InChI=1S/C10H9ClO2/c1-3-8-4-5-9(6-7(8)2)13-10(11)12/h3-6H,1H2,2H3. The number of ether oxygens (including phenoxy) is 1. The van der Waals surface area contributed by atoms with Crippen LogP contribution in [0.4, 0.5) is 4.79 Å². The first-order valence-electron chi connectivity index (χ1n) is 3.74. The molecule has 13 heavy (non-hydrogen) atoms. The van der Waals surface area contributed by atoms with Crippen LogP contribution in [0.3, 0.4) is 0 Å². The van der Waals surface area contributed by atoms with Gasteiger partial charge in [0, 0.05) is 11.6 Å². The molecular formula is C10H9ClO2. The highest BCUT2D eigenvalue weighted by atomic mass is 35.5. The van der Waals surface area contributed by atoms with E-state index in [1.165, 1.54) is 0 Å². The number of carbonyl (C=O) groups is 1. The van der Waals surface area contributed by atoms with Crippen LogP contribution in [0.15, 0.2) is 24.8 Å². The van der Waals surface area contributed by atoms with Gasteiger partial charge in [-0.3, -0.25) is 0 Å². The fraction of sp³-hybridized carbons (Fsp3) is 0.100. The van der Waals surface area contributed by atoms with E-state index in [0.29, 0.717) is 5.75 Å². The molecule has 0 radical (unpaired) electrons. The Bertz CT molecular complexity index is 345. The van der Waals surface area contributed by atoms with Crippen LogP contribution in [-0.4, -0.2) is 5.43 Å². The van der Waals surface area contributed by atoms with E-state index in [-0.39, 0.29) is 0 Å². The van der Waals surface area contributed by atoms with Crippen LogP contribution in [0.25, 0.3) is 6.08 Å². The second-order valence-electron chi connectivity index (χ2n) is 2.56. The molecule has 68 valence electrons. The van der Waals surface area contributed by atoms with Crippen molar-refractivity contribution in [2.24, 2.45) is 0 Å². The molecule has 0 amide bonds. The van der Waals surface area contributed by atoms with Gasteiger partial charge in [-0.15, -0.1) is 0 Å². The normalized spacial score (nSPS) is 9.38. The molecule has 0 aliphatic rings. The van der Waals surface area contributed by atoms with E-state index < -0.39 is 5.43 Å². The molecule has 3 heteroatoms. The fourth-order valence-corrected chi connectivity index (χ4v) is 1.12. The Morgan fingerprint density at radius 3 is 2.77 bits per heavy atom. The van der Waals surface area contributed by atoms with Gasteiger partial charge in [-0.05, 0) is 30.2 Å². The largest absolute Gasteiger partial charge is 0.414 e. The molecule has 1 aromatic carbocycles. The summed E-state index contributed by atoms with van der Waals surface area (Å²) in [5.74, 6) is 0.447. The van der Waals surface area contributed by atoms with Crippen molar-refractivity contribution in [3.05, 3.63) is 35.9 Å². The number of rotatable bonds is 2. The summed E-state index contributed by atoms with van der Waals surface area (Å²) in [6.07, 6.45) is 1.74. The Hall–Kier alpha value is -1.28. The molecule has 0 spiro atoms. The van der Waals surface area contributed by atoms with Crippen molar-refractivity contribution < 1.29 is 9.53 Å². The van der Waals surface area contributed by atoms with E-state index in [9.17, 15) is 4.79 Å². The maximum atomic E-state index is 10.4. The van der Waals surface area contributed by atoms with Crippen LogP contribution < -0.4 is 4.74 Å². The molecule has 1 aromatic rings. The van der Waals surface area contributed by atoms with Gasteiger partial charge in [-0.1, -0.05) is 18.7 Å². The number of carbonyl (C=O) groups excluding carboxylic acids is 1. The highest BCUT2D eigenvalue weighted by molar-refractivity contribution is 6.61. The van der Waals surface area contributed by atoms with E-state index in [4.69, 9.17) is 11.6 Å². The SMILES string of the molecule is C=Cc1ccc(OC(=O)Cl)cc1C. The lowest BCUT2D eigenvalue weighted by Crippen LogP contribution is -1.96. The topological polar surface area (TPSA) is 26.3 Å². The Labute approximate surface area is 81.8 Å². The molecule has 0 saturated carbocycles. The van der Waals surface area contributed by atoms with Crippen LogP contribution in [0.5, 0.6) is 5.75 Å². The van der Waals surface area contributed by atoms with Crippen molar-refractivity contribution in [1.29, 1.82) is 0 Å². The zero-order chi connectivity index (χ0) is 9.84. The molecule has 0 saturated heterocycles. The minimum atomic E-state index is -0.828. The van der Waals surface area contributed by atoms with Crippen molar-refractivity contribution in [1.82, 2.24) is 0 Å². The summed E-state index contributed by atoms with van der Waals surface area (Å²) in [6, 6.07) is 5.22. The molecule has 0 fully saturated rings. The highest BCUT2D eigenvalue weighted by Crippen LogP contribution is 2.18. The predicted molar refractivity (Wildman–Crippen MR) is 53.1 cm³/mol. The molecular weight excluding hydrogens is 188 g/mol. The van der Waals surface area contributed by atoms with Crippen molar-refractivity contribution in [2.45, 2.75) is 6.92 Å². The summed E-state index contributed by atoms with van der Waals surface area (Å²) in [4.78, 5) is 10.4. The molecule has 0 heterocycles. The van der Waals surface area contributed by atoms with E-state index in [0.717, 1.165) is 11.1 Å². The highest BCUT2D eigenvalue weighted by Gasteiger charge is 2.01. The molecule has 0 bridgehead atoms. The third-order valence-electron chi connectivity index (χ3n) is 1.66. The van der Waals surface area contributed by atoms with Gasteiger partial charge in [0.05, 0.1) is 0 Å². The lowest BCUT2D eigenvalue weighted by molar-refractivity contribution is 0.225. The Morgan fingerprint density at radius 2 is 2.31 bits per heavy atom. The maximum absolute atomic E-state index is 10.4. The first kappa shape index (κ1) is 9.81. The third-order valence-corrected chi connectivity index (χ3v) is 1.74. The van der Waals surface area contributed by atoms with E-state index in [1.54, 1.807) is 18.2 Å². The lowest BCUT2D eigenvalue weighted by Gasteiger charge is -2.03. The first-order valence-corrected chi connectivity index (χ1v) is 4.11. The summed E-state index contributed by atoms with van der Waals surface area (Å²) >= 11 is 5.06. The number of hydrogen-bond acceptors (Lipinski definition) is 2. The van der Waals surface area contributed by atoms with E-state index in [1.807, 2.05) is 13.0 Å².